The van der Waals surface area contributed by atoms with E-state index in [0.29, 0.717) is 14.5 Å². The molecule has 2 aromatic rings. The molecule has 1 aromatic heterocycles. The summed E-state index contributed by atoms with van der Waals surface area (Å²) in [6.45, 7) is 0. The zero-order valence-corrected chi connectivity index (χ0v) is 10.4. The molecule has 15 heavy (non-hydrogen) atoms. The highest BCUT2D eigenvalue weighted by molar-refractivity contribution is 14.1. The van der Waals surface area contributed by atoms with Crippen LogP contribution in [0.15, 0.2) is 35.4 Å². The second-order valence-corrected chi connectivity index (χ2v) is 5.58. The molecular formula is C9H6INO3S. The third-order valence-electron chi connectivity index (χ3n) is 1.93. The number of aromatic nitrogens is 1. The van der Waals surface area contributed by atoms with Crippen LogP contribution in [0.25, 0.3) is 10.9 Å². The molecule has 0 saturated heterocycles. The first-order valence-electron chi connectivity index (χ1n) is 4.00. The summed E-state index contributed by atoms with van der Waals surface area (Å²) < 4.78 is 32.0. The molecule has 1 N–H and O–H groups in total. The van der Waals surface area contributed by atoms with Gasteiger partial charge in [0.15, 0.2) is 0 Å². The number of nitrogens with zero attached hydrogens (tertiary/aromatic N) is 1. The first-order valence-corrected chi connectivity index (χ1v) is 6.52. The molecule has 0 saturated carbocycles. The minimum atomic E-state index is -4.20. The molecule has 0 aliphatic heterocycles. The predicted molar refractivity (Wildman–Crippen MR) is 64.3 cm³/mol. The summed E-state index contributed by atoms with van der Waals surface area (Å²) in [4.78, 5) is 3.94. The molecule has 0 aliphatic carbocycles. The standard InChI is InChI=1S/C9H6INO3S/c10-6-4-8-7(2-1-3-11-8)9(5-6)15(12,13)14/h1-5H,(H,12,13,14). The summed E-state index contributed by atoms with van der Waals surface area (Å²) in [7, 11) is -4.20. The van der Waals surface area contributed by atoms with Gasteiger partial charge in [0.25, 0.3) is 10.1 Å². The number of benzene rings is 1. The van der Waals surface area contributed by atoms with Crippen LogP contribution in [-0.2, 0) is 10.1 Å². The van der Waals surface area contributed by atoms with E-state index in [4.69, 9.17) is 4.55 Å². The van der Waals surface area contributed by atoms with Crippen molar-refractivity contribution in [1.29, 1.82) is 0 Å². The Hall–Kier alpha value is -0.730. The van der Waals surface area contributed by atoms with Gasteiger partial charge in [-0.3, -0.25) is 9.54 Å². The lowest BCUT2D eigenvalue weighted by molar-refractivity contribution is 0.484. The molecule has 0 spiro atoms. The topological polar surface area (TPSA) is 67.3 Å². The first-order chi connectivity index (χ1) is 6.98. The minimum absolute atomic E-state index is 0.0995. The first kappa shape index (κ1) is 10.8. The molecule has 78 valence electrons. The van der Waals surface area contributed by atoms with Crippen LogP contribution in [0, 0.1) is 3.57 Å². The number of pyridine rings is 1. The predicted octanol–water partition coefficient (Wildman–Crippen LogP) is 2.09. The van der Waals surface area contributed by atoms with Crippen molar-refractivity contribution in [3.05, 3.63) is 34.0 Å². The van der Waals surface area contributed by atoms with E-state index in [1.54, 1.807) is 24.4 Å². The maximum absolute atomic E-state index is 11.1. The smallest absolute Gasteiger partial charge is 0.282 e. The van der Waals surface area contributed by atoms with E-state index in [0.717, 1.165) is 0 Å². The van der Waals surface area contributed by atoms with Crippen LogP contribution in [0.3, 0.4) is 0 Å². The number of hydrogen-bond acceptors (Lipinski definition) is 3. The molecule has 0 aliphatic rings. The zero-order chi connectivity index (χ0) is 11.1. The van der Waals surface area contributed by atoms with E-state index in [-0.39, 0.29) is 4.90 Å². The monoisotopic (exact) mass is 335 g/mol. The van der Waals surface area contributed by atoms with Gasteiger partial charge in [0.2, 0.25) is 0 Å². The van der Waals surface area contributed by atoms with Gasteiger partial charge in [-0.2, -0.15) is 8.42 Å². The summed E-state index contributed by atoms with van der Waals surface area (Å²) in [5.74, 6) is 0. The molecular weight excluding hydrogens is 329 g/mol. The van der Waals surface area contributed by atoms with Crippen LogP contribution in [0.5, 0.6) is 0 Å². The van der Waals surface area contributed by atoms with Gasteiger partial charge in [-0.05, 0) is 46.9 Å². The molecule has 0 amide bonds. The van der Waals surface area contributed by atoms with Crippen LogP contribution in [-0.4, -0.2) is 18.0 Å². The van der Waals surface area contributed by atoms with Gasteiger partial charge in [0, 0.05) is 15.2 Å². The molecule has 0 unspecified atom stereocenters. The Kier molecular flexibility index (Phi) is 2.65. The van der Waals surface area contributed by atoms with Crippen molar-refractivity contribution in [2.45, 2.75) is 4.90 Å². The lowest BCUT2D eigenvalue weighted by atomic mass is 10.2. The largest absolute Gasteiger partial charge is 0.295 e. The van der Waals surface area contributed by atoms with E-state index in [1.807, 2.05) is 22.6 Å². The van der Waals surface area contributed by atoms with Crippen molar-refractivity contribution in [3.8, 4) is 0 Å². The second-order valence-electron chi connectivity index (χ2n) is 2.95. The van der Waals surface area contributed by atoms with E-state index >= 15 is 0 Å². The van der Waals surface area contributed by atoms with Crippen molar-refractivity contribution in [3.63, 3.8) is 0 Å². The third kappa shape index (κ3) is 2.11. The molecule has 6 heteroatoms. The molecule has 0 fully saturated rings. The van der Waals surface area contributed by atoms with Gasteiger partial charge < -0.3 is 0 Å². The number of fused-ring (bicyclic) bond motifs is 1. The van der Waals surface area contributed by atoms with Gasteiger partial charge in [-0.25, -0.2) is 0 Å². The Bertz CT molecular complexity index is 624. The Balaban J connectivity index is 2.96. The summed E-state index contributed by atoms with van der Waals surface area (Å²) >= 11 is 1.98. The zero-order valence-electron chi connectivity index (χ0n) is 7.38. The van der Waals surface area contributed by atoms with Crippen molar-refractivity contribution in [1.82, 2.24) is 4.98 Å². The van der Waals surface area contributed by atoms with Crippen LogP contribution < -0.4 is 0 Å². The van der Waals surface area contributed by atoms with Gasteiger partial charge >= 0.3 is 0 Å². The van der Waals surface area contributed by atoms with Crippen LogP contribution in [0.1, 0.15) is 0 Å². The Morgan fingerprint density at radius 3 is 2.73 bits per heavy atom. The summed E-state index contributed by atoms with van der Waals surface area (Å²) in [5.41, 5.74) is 0.553. The molecule has 0 bridgehead atoms. The maximum Gasteiger partial charge on any atom is 0.295 e. The van der Waals surface area contributed by atoms with Gasteiger partial charge in [-0.15, -0.1) is 0 Å². The molecule has 2 rings (SSSR count). The fourth-order valence-electron chi connectivity index (χ4n) is 1.33. The molecule has 0 atom stereocenters. The number of hydrogen-bond donors (Lipinski definition) is 1. The van der Waals surface area contributed by atoms with Crippen molar-refractivity contribution in [2.24, 2.45) is 0 Å². The highest BCUT2D eigenvalue weighted by Gasteiger charge is 2.14. The Morgan fingerprint density at radius 1 is 1.33 bits per heavy atom. The molecule has 4 nitrogen and oxygen atoms in total. The fourth-order valence-corrected chi connectivity index (χ4v) is 2.87. The van der Waals surface area contributed by atoms with Gasteiger partial charge in [0.1, 0.15) is 4.90 Å². The highest BCUT2D eigenvalue weighted by Crippen LogP contribution is 2.24. The van der Waals surface area contributed by atoms with Crippen molar-refractivity contribution >= 4 is 43.6 Å². The fraction of sp³-hybridized carbons (Fsp3) is 0. The average molecular weight is 335 g/mol. The number of rotatable bonds is 1. The maximum atomic E-state index is 11.1. The normalized spacial score (nSPS) is 11.9. The minimum Gasteiger partial charge on any atom is -0.282 e. The average Bonchev–Trinajstić information content (AvgIpc) is 2.15. The summed E-state index contributed by atoms with van der Waals surface area (Å²) in [6.07, 6.45) is 1.58. The van der Waals surface area contributed by atoms with E-state index in [2.05, 4.69) is 4.98 Å². The summed E-state index contributed by atoms with van der Waals surface area (Å²) in [6, 6.07) is 6.41. The summed E-state index contributed by atoms with van der Waals surface area (Å²) in [5, 5.41) is 0.431. The molecule has 1 heterocycles. The highest BCUT2D eigenvalue weighted by atomic mass is 127. The Morgan fingerprint density at radius 2 is 2.07 bits per heavy atom. The van der Waals surface area contributed by atoms with Gasteiger partial charge in [0.05, 0.1) is 5.52 Å². The number of halogens is 1. The van der Waals surface area contributed by atoms with Crippen LogP contribution in [0.4, 0.5) is 0 Å². The lowest BCUT2D eigenvalue weighted by Gasteiger charge is -2.03. The van der Waals surface area contributed by atoms with Crippen molar-refractivity contribution < 1.29 is 13.0 Å². The van der Waals surface area contributed by atoms with Crippen LogP contribution in [0.2, 0.25) is 0 Å². The second kappa shape index (κ2) is 3.69. The SMILES string of the molecule is O=S(=O)(O)c1cc(I)cc2ncccc12. The quantitative estimate of drug-likeness (QED) is 0.640. The third-order valence-corrected chi connectivity index (χ3v) is 3.44. The molecule has 1 aromatic carbocycles. The lowest BCUT2D eigenvalue weighted by Crippen LogP contribution is -2.00. The van der Waals surface area contributed by atoms with E-state index in [1.165, 1.54) is 6.07 Å². The van der Waals surface area contributed by atoms with E-state index < -0.39 is 10.1 Å². The Labute approximate surface area is 100 Å². The molecule has 0 radical (unpaired) electrons. The van der Waals surface area contributed by atoms with Gasteiger partial charge in [-0.1, -0.05) is 0 Å². The van der Waals surface area contributed by atoms with E-state index in [9.17, 15) is 8.42 Å². The van der Waals surface area contributed by atoms with Crippen molar-refractivity contribution in [2.75, 3.05) is 0 Å². The van der Waals surface area contributed by atoms with Crippen LogP contribution >= 0.6 is 22.6 Å².